The molecule has 0 saturated heterocycles. The molecular formula is C11H8BrClN2. The lowest BCUT2D eigenvalue weighted by Crippen LogP contribution is -1.90. The van der Waals surface area contributed by atoms with Crippen LogP contribution in [0.2, 0.25) is 5.15 Å². The van der Waals surface area contributed by atoms with Gasteiger partial charge in [-0.2, -0.15) is 0 Å². The molecular weight excluding hydrogens is 275 g/mol. The van der Waals surface area contributed by atoms with Crippen molar-refractivity contribution in [1.82, 2.24) is 10.2 Å². The van der Waals surface area contributed by atoms with E-state index < -0.39 is 0 Å². The maximum atomic E-state index is 5.79. The minimum atomic E-state index is 0.382. The van der Waals surface area contributed by atoms with Gasteiger partial charge in [0.05, 0.1) is 10.2 Å². The Morgan fingerprint density at radius 3 is 2.60 bits per heavy atom. The van der Waals surface area contributed by atoms with Gasteiger partial charge in [-0.15, -0.1) is 10.2 Å². The fourth-order valence-electron chi connectivity index (χ4n) is 1.35. The van der Waals surface area contributed by atoms with Crippen molar-refractivity contribution in [2.45, 2.75) is 6.92 Å². The van der Waals surface area contributed by atoms with E-state index in [9.17, 15) is 0 Å². The standard InChI is InChI=1S/C11H8BrClN2/c1-7-4-2-3-5-8(7)10-6-9(12)11(13)15-14-10/h2-6H,1H3. The molecule has 0 saturated carbocycles. The Morgan fingerprint density at radius 2 is 1.93 bits per heavy atom. The first-order valence-electron chi connectivity index (χ1n) is 4.43. The van der Waals surface area contributed by atoms with Gasteiger partial charge >= 0.3 is 0 Å². The molecule has 1 aromatic heterocycles. The van der Waals surface area contributed by atoms with Gasteiger partial charge in [0, 0.05) is 5.56 Å². The maximum Gasteiger partial charge on any atom is 0.165 e. The van der Waals surface area contributed by atoms with Crippen LogP contribution < -0.4 is 0 Å². The molecule has 15 heavy (non-hydrogen) atoms. The second-order valence-electron chi connectivity index (χ2n) is 3.18. The fourth-order valence-corrected chi connectivity index (χ4v) is 1.73. The van der Waals surface area contributed by atoms with Gasteiger partial charge in [0.15, 0.2) is 5.15 Å². The highest BCUT2D eigenvalue weighted by atomic mass is 79.9. The van der Waals surface area contributed by atoms with Crippen molar-refractivity contribution in [3.63, 3.8) is 0 Å². The van der Waals surface area contributed by atoms with Crippen molar-refractivity contribution < 1.29 is 0 Å². The average molecular weight is 284 g/mol. The van der Waals surface area contributed by atoms with E-state index in [4.69, 9.17) is 11.6 Å². The number of aromatic nitrogens is 2. The minimum Gasteiger partial charge on any atom is -0.149 e. The topological polar surface area (TPSA) is 25.8 Å². The van der Waals surface area contributed by atoms with Crippen LogP contribution in [0.4, 0.5) is 0 Å². The van der Waals surface area contributed by atoms with Crippen LogP contribution in [0.15, 0.2) is 34.8 Å². The van der Waals surface area contributed by atoms with Gasteiger partial charge in [0.2, 0.25) is 0 Å². The zero-order valence-corrected chi connectivity index (χ0v) is 10.4. The van der Waals surface area contributed by atoms with Crippen LogP contribution >= 0.6 is 27.5 Å². The second kappa shape index (κ2) is 4.29. The molecule has 2 nitrogen and oxygen atoms in total. The van der Waals surface area contributed by atoms with Gasteiger partial charge in [0.25, 0.3) is 0 Å². The monoisotopic (exact) mass is 282 g/mol. The van der Waals surface area contributed by atoms with Crippen molar-refractivity contribution in [3.8, 4) is 11.3 Å². The van der Waals surface area contributed by atoms with Gasteiger partial charge in [-0.25, -0.2) is 0 Å². The van der Waals surface area contributed by atoms with Crippen LogP contribution in [0.25, 0.3) is 11.3 Å². The first-order valence-corrected chi connectivity index (χ1v) is 5.60. The van der Waals surface area contributed by atoms with Gasteiger partial charge in [0.1, 0.15) is 0 Å². The molecule has 0 spiro atoms. The van der Waals surface area contributed by atoms with E-state index in [1.807, 2.05) is 37.3 Å². The van der Waals surface area contributed by atoms with Gasteiger partial charge in [-0.3, -0.25) is 0 Å². The van der Waals surface area contributed by atoms with E-state index in [-0.39, 0.29) is 0 Å². The third kappa shape index (κ3) is 2.19. The Hall–Kier alpha value is -0.930. The quantitative estimate of drug-likeness (QED) is 0.794. The number of hydrogen-bond donors (Lipinski definition) is 0. The van der Waals surface area contributed by atoms with Gasteiger partial charge < -0.3 is 0 Å². The summed E-state index contributed by atoms with van der Waals surface area (Å²) in [5.41, 5.74) is 3.06. The predicted molar refractivity (Wildman–Crippen MR) is 64.9 cm³/mol. The van der Waals surface area contributed by atoms with Gasteiger partial charge in [-0.1, -0.05) is 35.9 Å². The molecule has 0 aliphatic carbocycles. The van der Waals surface area contributed by atoms with E-state index in [2.05, 4.69) is 26.1 Å². The normalized spacial score (nSPS) is 10.3. The van der Waals surface area contributed by atoms with Crippen LogP contribution in [-0.2, 0) is 0 Å². The zero-order valence-electron chi connectivity index (χ0n) is 8.04. The highest BCUT2D eigenvalue weighted by Gasteiger charge is 2.06. The summed E-state index contributed by atoms with van der Waals surface area (Å²) in [6.07, 6.45) is 0. The molecule has 0 unspecified atom stereocenters. The molecule has 2 rings (SSSR count). The SMILES string of the molecule is Cc1ccccc1-c1cc(Br)c(Cl)nn1. The van der Waals surface area contributed by atoms with Crippen molar-refractivity contribution in [2.24, 2.45) is 0 Å². The largest absolute Gasteiger partial charge is 0.165 e. The molecule has 0 fully saturated rings. The fraction of sp³-hybridized carbons (Fsp3) is 0.0909. The van der Waals surface area contributed by atoms with Crippen LogP contribution in [0.5, 0.6) is 0 Å². The molecule has 0 aliphatic rings. The van der Waals surface area contributed by atoms with Crippen LogP contribution in [0.3, 0.4) is 0 Å². The van der Waals surface area contributed by atoms with Crippen LogP contribution in [0.1, 0.15) is 5.56 Å². The lowest BCUT2D eigenvalue weighted by Gasteiger charge is -2.04. The molecule has 0 radical (unpaired) electrons. The Bertz CT molecular complexity index is 500. The first-order chi connectivity index (χ1) is 7.18. The molecule has 1 aromatic carbocycles. The van der Waals surface area contributed by atoms with Crippen molar-refractivity contribution in [1.29, 1.82) is 0 Å². The van der Waals surface area contributed by atoms with Crippen molar-refractivity contribution >= 4 is 27.5 Å². The lowest BCUT2D eigenvalue weighted by atomic mass is 10.1. The Labute approximate surface area is 101 Å². The summed E-state index contributed by atoms with van der Waals surface area (Å²) >= 11 is 9.12. The summed E-state index contributed by atoms with van der Waals surface area (Å²) < 4.78 is 0.761. The summed E-state index contributed by atoms with van der Waals surface area (Å²) in [4.78, 5) is 0. The summed E-state index contributed by atoms with van der Waals surface area (Å²) in [5.74, 6) is 0. The molecule has 0 N–H and O–H groups in total. The van der Waals surface area contributed by atoms with Crippen molar-refractivity contribution in [3.05, 3.63) is 45.5 Å². The predicted octanol–water partition coefficient (Wildman–Crippen LogP) is 3.87. The van der Waals surface area contributed by atoms with E-state index in [0.29, 0.717) is 5.15 Å². The molecule has 0 aliphatic heterocycles. The third-order valence-electron chi connectivity index (χ3n) is 2.13. The maximum absolute atomic E-state index is 5.79. The Kier molecular flexibility index (Phi) is 3.03. The number of nitrogens with zero attached hydrogens (tertiary/aromatic N) is 2. The first kappa shape index (κ1) is 10.6. The average Bonchev–Trinajstić information content (AvgIpc) is 2.23. The summed E-state index contributed by atoms with van der Waals surface area (Å²) in [6.45, 7) is 2.04. The molecule has 0 amide bonds. The number of hydrogen-bond acceptors (Lipinski definition) is 2. The Balaban J connectivity index is 2.55. The number of benzene rings is 1. The molecule has 0 atom stereocenters. The highest BCUT2D eigenvalue weighted by Crippen LogP contribution is 2.26. The van der Waals surface area contributed by atoms with Crippen LogP contribution in [0, 0.1) is 6.92 Å². The van der Waals surface area contributed by atoms with E-state index in [1.165, 1.54) is 5.56 Å². The Morgan fingerprint density at radius 1 is 1.20 bits per heavy atom. The molecule has 1 heterocycles. The highest BCUT2D eigenvalue weighted by molar-refractivity contribution is 9.10. The molecule has 4 heteroatoms. The molecule has 76 valence electrons. The van der Waals surface area contributed by atoms with Crippen LogP contribution in [-0.4, -0.2) is 10.2 Å². The zero-order chi connectivity index (χ0) is 10.8. The number of aryl methyl sites for hydroxylation is 1. The van der Waals surface area contributed by atoms with Crippen molar-refractivity contribution in [2.75, 3.05) is 0 Å². The van der Waals surface area contributed by atoms with E-state index in [1.54, 1.807) is 0 Å². The van der Waals surface area contributed by atoms with E-state index in [0.717, 1.165) is 15.7 Å². The number of halogens is 2. The smallest absolute Gasteiger partial charge is 0.149 e. The minimum absolute atomic E-state index is 0.382. The molecule has 0 bridgehead atoms. The summed E-state index contributed by atoms with van der Waals surface area (Å²) in [7, 11) is 0. The second-order valence-corrected chi connectivity index (χ2v) is 4.40. The van der Waals surface area contributed by atoms with E-state index >= 15 is 0 Å². The molecule has 2 aromatic rings. The lowest BCUT2D eigenvalue weighted by molar-refractivity contribution is 1.03. The van der Waals surface area contributed by atoms with Gasteiger partial charge in [-0.05, 0) is 34.5 Å². The third-order valence-corrected chi connectivity index (χ3v) is 3.24. The number of rotatable bonds is 1. The summed E-state index contributed by atoms with van der Waals surface area (Å²) in [5, 5.41) is 8.30. The summed E-state index contributed by atoms with van der Waals surface area (Å²) in [6, 6.07) is 9.90.